The summed E-state index contributed by atoms with van der Waals surface area (Å²) in [5, 5.41) is 8.26. The van der Waals surface area contributed by atoms with Gasteiger partial charge in [-0.05, 0) is 63.2 Å². The monoisotopic (exact) mass is 462 g/mol. The summed E-state index contributed by atoms with van der Waals surface area (Å²) in [5.74, 6) is -0.344. The number of nitrogens with one attached hydrogen (secondary N) is 3. The van der Waals surface area contributed by atoms with E-state index in [0.717, 1.165) is 38.9 Å². The summed E-state index contributed by atoms with van der Waals surface area (Å²) < 4.78 is 44.4. The van der Waals surface area contributed by atoms with E-state index in [0.29, 0.717) is 17.1 Å². The number of piperidine rings is 1. The van der Waals surface area contributed by atoms with Crippen molar-refractivity contribution in [3.05, 3.63) is 59.8 Å². The molecule has 2 heterocycles. The Hall–Kier alpha value is -3.40. The van der Waals surface area contributed by atoms with E-state index in [9.17, 15) is 22.8 Å². The molecule has 1 aliphatic heterocycles. The van der Waals surface area contributed by atoms with E-state index in [1.807, 2.05) is 0 Å². The Morgan fingerprint density at radius 1 is 1.18 bits per heavy atom. The van der Waals surface area contributed by atoms with Crippen LogP contribution in [0.2, 0.25) is 0 Å². The highest BCUT2D eigenvalue weighted by Crippen LogP contribution is 2.32. The van der Waals surface area contributed by atoms with Crippen LogP contribution >= 0.6 is 0 Å². The third-order valence-electron chi connectivity index (χ3n) is 5.13. The van der Waals surface area contributed by atoms with Crippen LogP contribution < -0.4 is 16.0 Å². The molecule has 2 amide bonds. The maximum Gasteiger partial charge on any atom is 0.412 e. The number of rotatable bonds is 6. The molecule has 10 heteroatoms. The Balaban J connectivity index is 1.91. The van der Waals surface area contributed by atoms with E-state index in [2.05, 4.69) is 27.5 Å². The van der Waals surface area contributed by atoms with Gasteiger partial charge in [-0.25, -0.2) is 4.98 Å². The van der Waals surface area contributed by atoms with Crippen molar-refractivity contribution < 1.29 is 27.2 Å². The third-order valence-corrected chi connectivity index (χ3v) is 5.13. The van der Waals surface area contributed by atoms with Crippen molar-refractivity contribution in [1.29, 1.82) is 0 Å². The zero-order chi connectivity index (χ0) is 24.2. The lowest BCUT2D eigenvalue weighted by atomic mass is 9.98. The largest absolute Gasteiger partial charge is 0.440 e. The maximum absolute atomic E-state index is 12.9. The van der Waals surface area contributed by atoms with E-state index in [1.165, 1.54) is 6.92 Å². The van der Waals surface area contributed by atoms with Gasteiger partial charge < -0.3 is 20.4 Å². The lowest BCUT2D eigenvalue weighted by Gasteiger charge is -2.19. The van der Waals surface area contributed by atoms with Gasteiger partial charge in [-0.3, -0.25) is 9.59 Å². The number of carbonyl (C=O) groups excluding carboxylic acids is 2. The summed E-state index contributed by atoms with van der Waals surface area (Å²) in [6.45, 7) is 7.35. The molecule has 176 valence electrons. The highest BCUT2D eigenvalue weighted by molar-refractivity contribution is 5.99. The molecule has 0 atom stereocenters. The normalized spacial score (nSPS) is 15.2. The first-order valence-electron chi connectivity index (χ1n) is 10.4. The number of halogens is 3. The predicted octanol–water partition coefficient (Wildman–Crippen LogP) is 4.52. The van der Waals surface area contributed by atoms with Crippen molar-refractivity contribution in [2.75, 3.05) is 18.4 Å². The molecule has 0 spiro atoms. The molecule has 0 saturated carbocycles. The molecule has 0 bridgehead atoms. The van der Waals surface area contributed by atoms with Crippen LogP contribution in [0.4, 0.5) is 18.9 Å². The number of allylic oxidation sites excluding steroid dienone is 2. The number of benzene rings is 1. The minimum Gasteiger partial charge on any atom is -0.440 e. The smallest absolute Gasteiger partial charge is 0.412 e. The van der Waals surface area contributed by atoms with Gasteiger partial charge in [0.2, 0.25) is 5.91 Å². The summed E-state index contributed by atoms with van der Waals surface area (Å²) in [6, 6.07) is 6.63. The van der Waals surface area contributed by atoms with Gasteiger partial charge in [0.25, 0.3) is 5.91 Å². The number of anilines is 1. The van der Waals surface area contributed by atoms with Crippen LogP contribution in [0.1, 0.15) is 49.0 Å². The molecule has 3 N–H and O–H groups in total. The molecule has 0 aliphatic carbocycles. The van der Waals surface area contributed by atoms with Crippen LogP contribution in [0.15, 0.2) is 52.6 Å². The molecule has 1 fully saturated rings. The number of amides is 2. The second kappa shape index (κ2) is 10.0. The number of oxazole rings is 1. The summed E-state index contributed by atoms with van der Waals surface area (Å²) in [7, 11) is 0. The number of aromatic nitrogens is 1. The standard InChI is InChI=1S/C23H25F3N4O3/c1-13(23(24,25)26)12-14(2)28-21(32)19-20(16-4-6-18(7-5-16)29-15(3)31)33-22(30-19)17-8-10-27-11-9-17/h4-7,12,17,27H,2,8-11H2,1,3H3,(H,28,32)(H,29,31)/b13-12+. The van der Waals surface area contributed by atoms with Crippen molar-refractivity contribution in [3.8, 4) is 11.3 Å². The topological polar surface area (TPSA) is 96.3 Å². The first-order chi connectivity index (χ1) is 15.5. The van der Waals surface area contributed by atoms with Crippen molar-refractivity contribution in [2.24, 2.45) is 0 Å². The molecule has 7 nitrogen and oxygen atoms in total. The zero-order valence-corrected chi connectivity index (χ0v) is 18.3. The fourth-order valence-electron chi connectivity index (χ4n) is 3.42. The van der Waals surface area contributed by atoms with E-state index in [1.54, 1.807) is 24.3 Å². The average molecular weight is 462 g/mol. The van der Waals surface area contributed by atoms with Gasteiger partial charge in [0, 0.05) is 35.4 Å². The first-order valence-corrected chi connectivity index (χ1v) is 10.4. The zero-order valence-electron chi connectivity index (χ0n) is 18.3. The minimum atomic E-state index is -4.52. The lowest BCUT2D eigenvalue weighted by Crippen LogP contribution is -2.27. The summed E-state index contributed by atoms with van der Waals surface area (Å²) >= 11 is 0. The van der Waals surface area contributed by atoms with Crippen molar-refractivity contribution in [2.45, 2.75) is 38.8 Å². The molecule has 1 aliphatic rings. The maximum atomic E-state index is 12.9. The Labute approximate surface area is 189 Å². The Morgan fingerprint density at radius 2 is 1.82 bits per heavy atom. The fraction of sp³-hybridized carbons (Fsp3) is 0.348. The van der Waals surface area contributed by atoms with Gasteiger partial charge in [0.05, 0.1) is 0 Å². The van der Waals surface area contributed by atoms with Gasteiger partial charge in [-0.2, -0.15) is 13.2 Å². The van der Waals surface area contributed by atoms with E-state index in [-0.39, 0.29) is 29.0 Å². The Morgan fingerprint density at radius 3 is 2.39 bits per heavy atom. The SMILES string of the molecule is C=C(/C=C(\C)C(F)(F)F)NC(=O)c1nc(C2CCNCC2)oc1-c1ccc(NC(C)=O)cc1. The first kappa shape index (κ1) is 24.2. The van der Waals surface area contributed by atoms with Gasteiger partial charge in [-0.1, -0.05) is 6.58 Å². The molecule has 0 unspecified atom stereocenters. The highest BCUT2D eigenvalue weighted by atomic mass is 19.4. The Kier molecular flexibility index (Phi) is 7.37. The molecule has 33 heavy (non-hydrogen) atoms. The molecular formula is C23H25F3N4O3. The second-order valence-electron chi connectivity index (χ2n) is 7.82. The second-order valence-corrected chi connectivity index (χ2v) is 7.82. The molecular weight excluding hydrogens is 437 g/mol. The lowest BCUT2D eigenvalue weighted by molar-refractivity contribution is -0.114. The third kappa shape index (κ3) is 6.32. The number of nitrogens with zero attached hydrogens (tertiary/aromatic N) is 1. The van der Waals surface area contributed by atoms with Gasteiger partial charge in [0.15, 0.2) is 17.3 Å². The number of hydrogen-bond donors (Lipinski definition) is 3. The van der Waals surface area contributed by atoms with Gasteiger partial charge in [-0.15, -0.1) is 0 Å². The number of alkyl halides is 3. The summed E-state index contributed by atoms with van der Waals surface area (Å²) in [6.07, 6.45) is -2.20. The van der Waals surface area contributed by atoms with Crippen molar-refractivity contribution in [3.63, 3.8) is 0 Å². The molecule has 1 saturated heterocycles. The molecule has 0 radical (unpaired) electrons. The van der Waals surface area contributed by atoms with Crippen LogP contribution in [0.3, 0.4) is 0 Å². The van der Waals surface area contributed by atoms with Crippen LogP contribution in [0.25, 0.3) is 11.3 Å². The van der Waals surface area contributed by atoms with Crippen LogP contribution in [0, 0.1) is 0 Å². The van der Waals surface area contributed by atoms with Gasteiger partial charge in [0.1, 0.15) is 0 Å². The van der Waals surface area contributed by atoms with Crippen molar-refractivity contribution in [1.82, 2.24) is 15.6 Å². The fourth-order valence-corrected chi connectivity index (χ4v) is 3.42. The summed E-state index contributed by atoms with van der Waals surface area (Å²) in [5.41, 5.74) is -0.0496. The Bertz CT molecular complexity index is 1070. The minimum absolute atomic E-state index is 0.0146. The van der Waals surface area contributed by atoms with Gasteiger partial charge >= 0.3 is 6.18 Å². The van der Waals surface area contributed by atoms with Crippen LogP contribution in [-0.4, -0.2) is 36.1 Å². The van der Waals surface area contributed by atoms with E-state index >= 15 is 0 Å². The molecule has 1 aromatic carbocycles. The quantitative estimate of drug-likeness (QED) is 0.549. The molecule has 1 aromatic heterocycles. The summed E-state index contributed by atoms with van der Waals surface area (Å²) in [4.78, 5) is 28.6. The molecule has 3 rings (SSSR count). The van der Waals surface area contributed by atoms with E-state index in [4.69, 9.17) is 4.42 Å². The van der Waals surface area contributed by atoms with Crippen LogP contribution in [-0.2, 0) is 4.79 Å². The number of carbonyl (C=O) groups is 2. The van der Waals surface area contributed by atoms with Crippen LogP contribution in [0.5, 0.6) is 0 Å². The number of hydrogen-bond acceptors (Lipinski definition) is 5. The van der Waals surface area contributed by atoms with E-state index < -0.39 is 17.7 Å². The van der Waals surface area contributed by atoms with Crippen molar-refractivity contribution >= 4 is 17.5 Å². The average Bonchev–Trinajstić information content (AvgIpc) is 3.19. The highest BCUT2D eigenvalue weighted by Gasteiger charge is 2.31. The molecule has 2 aromatic rings. The predicted molar refractivity (Wildman–Crippen MR) is 118 cm³/mol.